The minimum atomic E-state index is 0.177. The molecule has 3 nitrogen and oxygen atoms in total. The first-order valence-electron chi connectivity index (χ1n) is 16.5. The number of hydrogen-bond donors (Lipinski definition) is 0. The summed E-state index contributed by atoms with van der Waals surface area (Å²) in [5, 5.41) is 0. The van der Waals surface area contributed by atoms with Gasteiger partial charge in [0.2, 0.25) is 6.71 Å². The molecule has 218 valence electrons. The quantitative estimate of drug-likeness (QED) is 0.187. The van der Waals surface area contributed by atoms with Gasteiger partial charge in [-0.1, -0.05) is 133 Å². The number of hydrogen-bond acceptors (Lipinski definition) is 1. The van der Waals surface area contributed by atoms with Crippen molar-refractivity contribution in [2.24, 2.45) is 5.92 Å². The summed E-state index contributed by atoms with van der Waals surface area (Å²) in [6, 6.07) is 46.4. The lowest BCUT2D eigenvalue weighted by molar-refractivity contribution is 0.679. The maximum Gasteiger partial charge on any atom is 0.227 e. The van der Waals surface area contributed by atoms with E-state index < -0.39 is 0 Å². The van der Waals surface area contributed by atoms with Crippen molar-refractivity contribution in [2.75, 3.05) is 0 Å². The number of para-hydroxylation sites is 1. The Labute approximate surface area is 273 Å². The predicted molar refractivity (Wildman–Crippen MR) is 194 cm³/mol. The van der Waals surface area contributed by atoms with E-state index in [-0.39, 0.29) is 18.4 Å². The van der Waals surface area contributed by atoms with Crippen LogP contribution in [0.2, 0.25) is 0 Å². The number of rotatable bonds is 3. The summed E-state index contributed by atoms with van der Waals surface area (Å²) in [5.41, 5.74) is 17.9. The van der Waals surface area contributed by atoms with Crippen molar-refractivity contribution in [2.45, 2.75) is 5.82 Å². The highest BCUT2D eigenvalue weighted by atomic mass is 15.1. The molecule has 2 atom stereocenters. The lowest BCUT2D eigenvalue weighted by Gasteiger charge is -2.43. The first-order chi connectivity index (χ1) is 23.4. The fraction of sp³-hybridized carbons (Fsp3) is 0.0465. The van der Waals surface area contributed by atoms with Gasteiger partial charge in [-0.15, -0.1) is 0 Å². The van der Waals surface area contributed by atoms with Crippen LogP contribution < -0.4 is 10.9 Å². The van der Waals surface area contributed by atoms with Gasteiger partial charge >= 0.3 is 0 Å². The second kappa shape index (κ2) is 9.34. The van der Waals surface area contributed by atoms with E-state index in [2.05, 4.69) is 167 Å². The molecule has 2 aromatic heterocycles. The molecule has 0 radical (unpaired) electrons. The molecular weight excluding hydrogens is 569 g/mol. The molecule has 11 rings (SSSR count). The molecule has 5 aromatic carbocycles. The highest BCUT2D eigenvalue weighted by Gasteiger charge is 2.51. The highest BCUT2D eigenvalue weighted by molar-refractivity contribution is 6.90. The van der Waals surface area contributed by atoms with Crippen molar-refractivity contribution in [3.05, 3.63) is 169 Å². The van der Waals surface area contributed by atoms with Gasteiger partial charge in [-0.05, 0) is 57.7 Å². The van der Waals surface area contributed by atoms with Gasteiger partial charge in [0, 0.05) is 39.7 Å². The smallest absolute Gasteiger partial charge is 0.227 e. The maximum atomic E-state index is 5.31. The zero-order valence-electron chi connectivity index (χ0n) is 25.6. The fourth-order valence-corrected chi connectivity index (χ4v) is 9.04. The van der Waals surface area contributed by atoms with Crippen LogP contribution in [-0.2, 0) is 0 Å². The number of aromatic nitrogens is 3. The van der Waals surface area contributed by atoms with E-state index in [1.807, 2.05) is 0 Å². The van der Waals surface area contributed by atoms with Crippen LogP contribution in [0.5, 0.6) is 0 Å². The molecule has 0 N–H and O–H groups in total. The third kappa shape index (κ3) is 3.29. The first-order valence-corrected chi connectivity index (χ1v) is 16.5. The molecule has 0 bridgehead atoms. The summed E-state index contributed by atoms with van der Waals surface area (Å²) >= 11 is 0. The van der Waals surface area contributed by atoms with E-state index in [0.717, 1.165) is 16.9 Å². The van der Waals surface area contributed by atoms with Crippen LogP contribution in [0.4, 0.5) is 0 Å². The van der Waals surface area contributed by atoms with Gasteiger partial charge in [-0.2, -0.15) is 0 Å². The second-order valence-corrected chi connectivity index (χ2v) is 13.1. The second-order valence-electron chi connectivity index (χ2n) is 13.1. The molecule has 0 spiro atoms. The number of allylic oxidation sites excluding steroid dienone is 5. The Balaban J connectivity index is 1.33. The zero-order valence-corrected chi connectivity index (χ0v) is 25.6. The molecule has 0 saturated carbocycles. The molecule has 4 heterocycles. The Morgan fingerprint density at radius 1 is 0.617 bits per heavy atom. The van der Waals surface area contributed by atoms with Crippen LogP contribution in [0.1, 0.15) is 17.1 Å². The third-order valence-corrected chi connectivity index (χ3v) is 10.8. The van der Waals surface area contributed by atoms with Gasteiger partial charge < -0.3 is 4.57 Å². The van der Waals surface area contributed by atoms with Gasteiger partial charge in [0.05, 0.1) is 16.7 Å². The van der Waals surface area contributed by atoms with Crippen molar-refractivity contribution in [1.29, 1.82) is 0 Å². The van der Waals surface area contributed by atoms with Crippen molar-refractivity contribution >= 4 is 34.7 Å². The summed E-state index contributed by atoms with van der Waals surface area (Å²) in [7, 11) is 0. The average Bonchev–Trinajstić information content (AvgIpc) is 3.70. The van der Waals surface area contributed by atoms with Crippen LogP contribution in [0.15, 0.2) is 157 Å². The molecule has 2 aliphatic heterocycles. The average molecular weight is 598 g/mol. The number of fused-ring (bicyclic) bond motifs is 6. The zero-order chi connectivity index (χ0) is 30.6. The Hall–Kier alpha value is -5.87. The lowest BCUT2D eigenvalue weighted by Crippen LogP contribution is -2.58. The lowest BCUT2D eigenvalue weighted by atomic mass is 9.28. The number of nitrogens with zero attached hydrogens (tertiary/aromatic N) is 3. The minimum absolute atomic E-state index is 0.177. The molecule has 47 heavy (non-hydrogen) atoms. The predicted octanol–water partition coefficient (Wildman–Crippen LogP) is 8.52. The van der Waals surface area contributed by atoms with E-state index in [0.29, 0.717) is 0 Å². The molecule has 0 saturated heterocycles. The number of benzene rings is 5. The van der Waals surface area contributed by atoms with Crippen molar-refractivity contribution in [1.82, 2.24) is 14.1 Å². The van der Waals surface area contributed by atoms with Gasteiger partial charge in [-0.25, -0.2) is 4.98 Å². The van der Waals surface area contributed by atoms with Crippen LogP contribution in [0.25, 0.3) is 62.3 Å². The molecule has 4 heteroatoms. The van der Waals surface area contributed by atoms with E-state index >= 15 is 0 Å². The SMILES string of the molecule is C1=CC2=Cc3c(-c4ccccc4)c(-c4ccccc4)n4c3C(B3c5c-4cccc5-n4c(-c5ccccc5)nc5cccc3c54)C2C=C1. The highest BCUT2D eigenvalue weighted by Crippen LogP contribution is 2.54. The van der Waals surface area contributed by atoms with Gasteiger partial charge in [0.15, 0.2) is 0 Å². The standard InChI is InChI=1S/C43H28BN3/c1-4-14-27(15-5-1)37-32-26-30-20-10-11-21-31(30)38-41(32)46(40(37)28-16-6-2-7-17-28)35-24-13-25-36-39(35)44(38)33-22-12-23-34-42(33)47(36)43(45-34)29-18-8-3-9-19-29/h1-26,31,38H. The van der Waals surface area contributed by atoms with E-state index in [1.54, 1.807) is 0 Å². The maximum absolute atomic E-state index is 5.31. The molecule has 0 amide bonds. The molecule has 0 fully saturated rings. The van der Waals surface area contributed by atoms with E-state index in [1.165, 1.54) is 67.0 Å². The first kappa shape index (κ1) is 25.3. The molecule has 7 aromatic rings. The third-order valence-electron chi connectivity index (χ3n) is 10.8. The van der Waals surface area contributed by atoms with E-state index in [9.17, 15) is 0 Å². The van der Waals surface area contributed by atoms with Crippen LogP contribution in [0.3, 0.4) is 0 Å². The monoisotopic (exact) mass is 597 g/mol. The van der Waals surface area contributed by atoms with E-state index in [4.69, 9.17) is 4.98 Å². The van der Waals surface area contributed by atoms with Crippen LogP contribution in [0, 0.1) is 5.92 Å². The molecule has 4 aliphatic rings. The Morgan fingerprint density at radius 3 is 2.06 bits per heavy atom. The number of imidazole rings is 1. The Morgan fingerprint density at radius 2 is 1.30 bits per heavy atom. The Bertz CT molecular complexity index is 2520. The van der Waals surface area contributed by atoms with Crippen molar-refractivity contribution in [3.8, 4) is 45.1 Å². The van der Waals surface area contributed by atoms with Crippen molar-refractivity contribution in [3.63, 3.8) is 0 Å². The summed E-state index contributed by atoms with van der Waals surface area (Å²) in [6.45, 7) is 0.177. The van der Waals surface area contributed by atoms with Crippen molar-refractivity contribution < 1.29 is 0 Å². The Kier molecular flexibility index (Phi) is 5.03. The van der Waals surface area contributed by atoms with Gasteiger partial charge in [0.25, 0.3) is 0 Å². The fourth-order valence-electron chi connectivity index (χ4n) is 9.04. The summed E-state index contributed by atoms with van der Waals surface area (Å²) in [6.07, 6.45) is 11.7. The van der Waals surface area contributed by atoms with Crippen LogP contribution in [-0.4, -0.2) is 20.8 Å². The summed E-state index contributed by atoms with van der Waals surface area (Å²) < 4.78 is 5.08. The summed E-state index contributed by atoms with van der Waals surface area (Å²) in [4.78, 5) is 5.31. The molecular formula is C43H28BN3. The normalized spacial score (nSPS) is 17.7. The van der Waals surface area contributed by atoms with Gasteiger partial charge in [-0.3, -0.25) is 4.57 Å². The topological polar surface area (TPSA) is 22.8 Å². The summed E-state index contributed by atoms with van der Waals surface area (Å²) in [5.74, 6) is 1.48. The van der Waals surface area contributed by atoms with Crippen LogP contribution >= 0.6 is 0 Å². The minimum Gasteiger partial charge on any atom is -0.313 e. The molecule has 2 aliphatic carbocycles. The largest absolute Gasteiger partial charge is 0.313 e. The van der Waals surface area contributed by atoms with Gasteiger partial charge in [0.1, 0.15) is 5.82 Å². The molecule has 2 unspecified atom stereocenters.